The van der Waals surface area contributed by atoms with E-state index in [0.29, 0.717) is 0 Å². The molecule has 0 N–H and O–H groups in total. The van der Waals surface area contributed by atoms with Gasteiger partial charge in [0, 0.05) is 13.1 Å². The van der Waals surface area contributed by atoms with Gasteiger partial charge in [0.1, 0.15) is 12.9 Å². The zero-order valence-electron chi connectivity index (χ0n) is 10.5. The first-order chi connectivity index (χ1) is 8.83. The van der Waals surface area contributed by atoms with Gasteiger partial charge in [-0.05, 0) is 35.1 Å². The zero-order chi connectivity index (χ0) is 12.4. The number of hydrogen-bond acceptors (Lipinski definition) is 4. The van der Waals surface area contributed by atoms with Crippen molar-refractivity contribution in [1.29, 1.82) is 0 Å². The summed E-state index contributed by atoms with van der Waals surface area (Å²) in [4.78, 5) is 14.1. The predicted octanol–water partition coefficient (Wildman–Crippen LogP) is 0.712. The first kappa shape index (κ1) is 11.6. The molecule has 1 amide bonds. The van der Waals surface area contributed by atoms with E-state index in [9.17, 15) is 4.79 Å². The highest BCUT2D eigenvalue weighted by Gasteiger charge is 2.32. The van der Waals surface area contributed by atoms with Crippen molar-refractivity contribution in [2.45, 2.75) is 38.6 Å². The number of carbonyl (C=O) groups excluding carboxylic acids is 1. The van der Waals surface area contributed by atoms with Gasteiger partial charge in [-0.1, -0.05) is 19.3 Å². The van der Waals surface area contributed by atoms with E-state index >= 15 is 0 Å². The van der Waals surface area contributed by atoms with E-state index in [0.717, 1.165) is 24.9 Å². The molecule has 6 heteroatoms. The van der Waals surface area contributed by atoms with Crippen LogP contribution in [0.15, 0.2) is 6.33 Å². The van der Waals surface area contributed by atoms with Crippen LogP contribution in [0.1, 0.15) is 32.1 Å². The summed E-state index contributed by atoms with van der Waals surface area (Å²) >= 11 is 0. The summed E-state index contributed by atoms with van der Waals surface area (Å²) in [7, 11) is 0. The first-order valence-electron chi connectivity index (χ1n) is 6.81. The molecule has 1 saturated carbocycles. The molecule has 2 heterocycles. The smallest absolute Gasteiger partial charge is 0.244 e. The maximum Gasteiger partial charge on any atom is 0.244 e. The van der Waals surface area contributed by atoms with Crippen LogP contribution in [-0.4, -0.2) is 44.1 Å². The van der Waals surface area contributed by atoms with E-state index in [2.05, 4.69) is 15.5 Å². The molecule has 3 rings (SSSR count). The lowest BCUT2D eigenvalue weighted by Crippen LogP contribution is -2.45. The molecule has 0 aromatic carbocycles. The minimum absolute atomic E-state index is 0.145. The van der Waals surface area contributed by atoms with E-state index < -0.39 is 0 Å². The molecule has 2 fully saturated rings. The van der Waals surface area contributed by atoms with Crippen LogP contribution in [-0.2, 0) is 11.3 Å². The van der Waals surface area contributed by atoms with Crippen LogP contribution >= 0.6 is 0 Å². The fourth-order valence-corrected chi connectivity index (χ4v) is 3.32. The summed E-state index contributed by atoms with van der Waals surface area (Å²) in [6.07, 6.45) is 8.02. The molecule has 6 nitrogen and oxygen atoms in total. The highest BCUT2D eigenvalue weighted by Crippen LogP contribution is 2.35. The van der Waals surface area contributed by atoms with Crippen molar-refractivity contribution in [3.63, 3.8) is 0 Å². The molecule has 1 aromatic heterocycles. The van der Waals surface area contributed by atoms with Gasteiger partial charge in [-0.2, -0.15) is 0 Å². The van der Waals surface area contributed by atoms with Gasteiger partial charge < -0.3 is 4.90 Å². The van der Waals surface area contributed by atoms with Crippen LogP contribution in [0.4, 0.5) is 0 Å². The lowest BCUT2D eigenvalue weighted by Gasteiger charge is -2.41. The van der Waals surface area contributed by atoms with E-state index in [1.54, 1.807) is 0 Å². The lowest BCUT2D eigenvalue weighted by atomic mass is 9.75. The Labute approximate surface area is 106 Å². The van der Waals surface area contributed by atoms with Crippen molar-refractivity contribution < 1.29 is 4.79 Å². The van der Waals surface area contributed by atoms with Crippen molar-refractivity contribution >= 4 is 5.91 Å². The Morgan fingerprint density at radius 1 is 1.22 bits per heavy atom. The molecule has 2 aliphatic rings. The maximum atomic E-state index is 12.1. The summed E-state index contributed by atoms with van der Waals surface area (Å²) in [6, 6.07) is 0. The lowest BCUT2D eigenvalue weighted by molar-refractivity contribution is -0.135. The monoisotopic (exact) mass is 249 g/mol. The van der Waals surface area contributed by atoms with Gasteiger partial charge in [-0.3, -0.25) is 4.79 Å². The molecule has 1 aliphatic heterocycles. The van der Waals surface area contributed by atoms with Crippen LogP contribution in [0.25, 0.3) is 0 Å². The van der Waals surface area contributed by atoms with Gasteiger partial charge in [-0.15, -0.1) is 5.10 Å². The standard InChI is InChI=1S/C12H19N5O/c18-12(8-17-9-13-14-15-17)16-6-5-10-3-1-2-4-11(10)7-16/h9-11H,1-8H2. The molecule has 1 saturated heterocycles. The summed E-state index contributed by atoms with van der Waals surface area (Å²) < 4.78 is 1.50. The van der Waals surface area contributed by atoms with Crippen molar-refractivity contribution in [2.24, 2.45) is 11.8 Å². The third-order valence-corrected chi connectivity index (χ3v) is 4.33. The second-order valence-corrected chi connectivity index (χ2v) is 5.44. The number of carbonyl (C=O) groups is 1. The molecular weight excluding hydrogens is 230 g/mol. The summed E-state index contributed by atoms with van der Waals surface area (Å²) in [5.41, 5.74) is 0. The van der Waals surface area contributed by atoms with Crippen molar-refractivity contribution in [1.82, 2.24) is 25.1 Å². The molecule has 2 unspecified atom stereocenters. The van der Waals surface area contributed by atoms with E-state index in [4.69, 9.17) is 0 Å². The number of nitrogens with zero attached hydrogens (tertiary/aromatic N) is 5. The van der Waals surface area contributed by atoms with Crippen molar-refractivity contribution in [2.75, 3.05) is 13.1 Å². The largest absolute Gasteiger partial charge is 0.341 e. The van der Waals surface area contributed by atoms with Crippen molar-refractivity contribution in [3.05, 3.63) is 6.33 Å². The van der Waals surface area contributed by atoms with Crippen LogP contribution in [0, 0.1) is 11.8 Å². The van der Waals surface area contributed by atoms with Crippen LogP contribution in [0.5, 0.6) is 0 Å². The Bertz CT molecular complexity index is 405. The third-order valence-electron chi connectivity index (χ3n) is 4.33. The molecular formula is C12H19N5O. The molecule has 1 aromatic rings. The summed E-state index contributed by atoms with van der Waals surface area (Å²) in [6.45, 7) is 2.11. The number of likely N-dealkylation sites (tertiary alicyclic amines) is 1. The van der Waals surface area contributed by atoms with Crippen LogP contribution in [0.2, 0.25) is 0 Å². The third kappa shape index (κ3) is 2.37. The molecule has 18 heavy (non-hydrogen) atoms. The van der Waals surface area contributed by atoms with Gasteiger partial charge in [0.25, 0.3) is 0 Å². The Morgan fingerprint density at radius 2 is 2.06 bits per heavy atom. The molecule has 1 aliphatic carbocycles. The second kappa shape index (κ2) is 5.04. The molecule has 2 atom stereocenters. The quantitative estimate of drug-likeness (QED) is 0.774. The number of hydrogen-bond donors (Lipinski definition) is 0. The zero-order valence-corrected chi connectivity index (χ0v) is 10.5. The van der Waals surface area contributed by atoms with Gasteiger partial charge in [0.15, 0.2) is 0 Å². The average molecular weight is 249 g/mol. The SMILES string of the molecule is O=C(Cn1cnnn1)N1CCC2CCCCC2C1. The fourth-order valence-electron chi connectivity index (χ4n) is 3.32. The van der Waals surface area contributed by atoms with Crippen molar-refractivity contribution in [3.8, 4) is 0 Å². The second-order valence-electron chi connectivity index (χ2n) is 5.44. The van der Waals surface area contributed by atoms with E-state index in [-0.39, 0.29) is 12.5 Å². The first-order valence-corrected chi connectivity index (χ1v) is 6.81. The summed E-state index contributed by atoms with van der Waals surface area (Å²) in [5, 5.41) is 10.8. The number of tetrazole rings is 1. The molecule has 0 radical (unpaired) electrons. The minimum Gasteiger partial charge on any atom is -0.341 e. The number of rotatable bonds is 2. The summed E-state index contributed by atoms with van der Waals surface area (Å²) in [5.74, 6) is 1.73. The highest BCUT2D eigenvalue weighted by atomic mass is 16.2. The Hall–Kier alpha value is -1.46. The van der Waals surface area contributed by atoms with Gasteiger partial charge in [0.2, 0.25) is 5.91 Å². The Morgan fingerprint density at radius 3 is 2.83 bits per heavy atom. The normalized spacial score (nSPS) is 27.9. The fraction of sp³-hybridized carbons (Fsp3) is 0.833. The number of piperidine rings is 1. The highest BCUT2D eigenvalue weighted by molar-refractivity contribution is 5.76. The minimum atomic E-state index is 0.145. The number of amides is 1. The molecule has 0 spiro atoms. The Kier molecular flexibility index (Phi) is 3.25. The Balaban J connectivity index is 1.58. The topological polar surface area (TPSA) is 63.9 Å². The van der Waals surface area contributed by atoms with Crippen LogP contribution < -0.4 is 0 Å². The van der Waals surface area contributed by atoms with Gasteiger partial charge in [-0.25, -0.2) is 4.68 Å². The predicted molar refractivity (Wildman–Crippen MR) is 64.5 cm³/mol. The number of aromatic nitrogens is 4. The van der Waals surface area contributed by atoms with E-state index in [1.807, 2.05) is 4.90 Å². The van der Waals surface area contributed by atoms with Gasteiger partial charge >= 0.3 is 0 Å². The average Bonchev–Trinajstić information content (AvgIpc) is 2.91. The van der Waals surface area contributed by atoms with Gasteiger partial charge in [0.05, 0.1) is 0 Å². The molecule has 0 bridgehead atoms. The number of fused-ring (bicyclic) bond motifs is 1. The maximum absolute atomic E-state index is 12.1. The van der Waals surface area contributed by atoms with Crippen LogP contribution in [0.3, 0.4) is 0 Å². The van der Waals surface area contributed by atoms with E-state index in [1.165, 1.54) is 43.1 Å². The molecule has 98 valence electrons.